The Labute approximate surface area is 135 Å². The second kappa shape index (κ2) is 5.79. The minimum absolute atomic E-state index is 0.122. The van der Waals surface area contributed by atoms with Crippen molar-refractivity contribution < 1.29 is 9.53 Å². The van der Waals surface area contributed by atoms with Gasteiger partial charge < -0.3 is 4.74 Å². The fourth-order valence-electron chi connectivity index (χ4n) is 4.01. The first kappa shape index (κ1) is 15.1. The zero-order chi connectivity index (χ0) is 15.1. The number of piperidine rings is 1. The van der Waals surface area contributed by atoms with Crippen LogP contribution in [0.2, 0.25) is 10.0 Å². The molecule has 3 unspecified atom stereocenters. The molecular formula is C16H19Cl2NO2. The molecule has 0 amide bonds. The van der Waals surface area contributed by atoms with Gasteiger partial charge in [0.25, 0.3) is 0 Å². The topological polar surface area (TPSA) is 29.5 Å². The first-order valence-corrected chi connectivity index (χ1v) is 8.03. The third-order valence-electron chi connectivity index (χ3n) is 5.11. The van der Waals surface area contributed by atoms with Gasteiger partial charge in [0.1, 0.15) is 0 Å². The lowest BCUT2D eigenvalue weighted by atomic mass is 9.76. The summed E-state index contributed by atoms with van der Waals surface area (Å²) in [5.74, 6) is -0.0971. The Bertz CT molecular complexity index is 563. The van der Waals surface area contributed by atoms with E-state index in [2.05, 4.69) is 11.9 Å². The standard InChI is InChI=1S/C16H19Cl2NO2/c1-19-10-4-6-14(19)15(16(20)21-2)11(8-10)9-3-5-12(17)13(18)7-9/h3,5,7,10-11,14-15H,4,6,8H2,1-2H3/t10?,11?,14?,15-/m0/s1. The van der Waals surface area contributed by atoms with Gasteiger partial charge in [-0.2, -0.15) is 0 Å². The summed E-state index contributed by atoms with van der Waals surface area (Å²) >= 11 is 12.2. The molecule has 1 aromatic carbocycles. The van der Waals surface area contributed by atoms with E-state index in [4.69, 9.17) is 27.9 Å². The zero-order valence-corrected chi connectivity index (χ0v) is 13.7. The lowest BCUT2D eigenvalue weighted by Gasteiger charge is -2.41. The second-order valence-corrected chi connectivity index (χ2v) is 6.84. The van der Waals surface area contributed by atoms with Crippen molar-refractivity contribution in [1.29, 1.82) is 0 Å². The van der Waals surface area contributed by atoms with E-state index in [9.17, 15) is 4.79 Å². The van der Waals surface area contributed by atoms with Crippen LogP contribution in [0.25, 0.3) is 0 Å². The molecule has 3 rings (SSSR count). The quantitative estimate of drug-likeness (QED) is 0.775. The van der Waals surface area contributed by atoms with Crippen molar-refractivity contribution in [3.05, 3.63) is 33.8 Å². The molecule has 114 valence electrons. The van der Waals surface area contributed by atoms with Crippen LogP contribution in [0.3, 0.4) is 0 Å². The normalized spacial score (nSPS) is 32.2. The number of rotatable bonds is 2. The Kier molecular flexibility index (Phi) is 4.17. The summed E-state index contributed by atoms with van der Waals surface area (Å²) in [5.41, 5.74) is 1.09. The number of carbonyl (C=O) groups is 1. The number of carbonyl (C=O) groups excluding carboxylic acids is 1. The number of benzene rings is 1. The molecule has 0 aliphatic carbocycles. The highest BCUT2D eigenvalue weighted by Crippen LogP contribution is 2.47. The predicted octanol–water partition coefficient (Wildman–Crippen LogP) is 3.73. The van der Waals surface area contributed by atoms with Crippen molar-refractivity contribution in [2.24, 2.45) is 5.92 Å². The van der Waals surface area contributed by atoms with Crippen molar-refractivity contribution in [3.8, 4) is 0 Å². The zero-order valence-electron chi connectivity index (χ0n) is 12.2. The minimum Gasteiger partial charge on any atom is -0.469 e. The Hall–Kier alpha value is -0.770. The van der Waals surface area contributed by atoms with Crippen molar-refractivity contribution in [1.82, 2.24) is 4.90 Å². The molecule has 0 saturated carbocycles. The van der Waals surface area contributed by atoms with E-state index in [1.165, 1.54) is 7.11 Å². The Balaban J connectivity index is 1.98. The molecule has 3 nitrogen and oxygen atoms in total. The van der Waals surface area contributed by atoms with Crippen LogP contribution in [0.5, 0.6) is 0 Å². The summed E-state index contributed by atoms with van der Waals surface area (Å²) < 4.78 is 5.07. The average molecular weight is 328 g/mol. The summed E-state index contributed by atoms with van der Waals surface area (Å²) in [6, 6.07) is 6.49. The van der Waals surface area contributed by atoms with Gasteiger partial charge in [0.2, 0.25) is 0 Å². The molecule has 0 radical (unpaired) electrons. The molecule has 2 saturated heterocycles. The van der Waals surface area contributed by atoms with Crippen LogP contribution in [0, 0.1) is 5.92 Å². The van der Waals surface area contributed by atoms with Crippen LogP contribution in [0.15, 0.2) is 18.2 Å². The maximum atomic E-state index is 12.3. The lowest BCUT2D eigenvalue weighted by molar-refractivity contribution is -0.150. The van der Waals surface area contributed by atoms with Crippen molar-refractivity contribution in [3.63, 3.8) is 0 Å². The monoisotopic (exact) mass is 327 g/mol. The number of hydrogen-bond donors (Lipinski definition) is 0. The van der Waals surface area contributed by atoms with Crippen LogP contribution >= 0.6 is 23.2 Å². The SMILES string of the molecule is COC(=O)[C@H]1C(c2ccc(Cl)c(Cl)c2)CC2CCC1N2C. The van der Waals surface area contributed by atoms with Gasteiger partial charge in [0.05, 0.1) is 23.1 Å². The van der Waals surface area contributed by atoms with Crippen LogP contribution in [-0.4, -0.2) is 37.1 Å². The highest BCUT2D eigenvalue weighted by Gasteiger charge is 2.49. The first-order valence-electron chi connectivity index (χ1n) is 7.27. The van der Waals surface area contributed by atoms with Crippen LogP contribution in [-0.2, 0) is 9.53 Å². The fraction of sp³-hybridized carbons (Fsp3) is 0.562. The van der Waals surface area contributed by atoms with Gasteiger partial charge in [-0.05, 0) is 44.0 Å². The number of hydrogen-bond acceptors (Lipinski definition) is 3. The van der Waals surface area contributed by atoms with E-state index in [0.29, 0.717) is 16.1 Å². The van der Waals surface area contributed by atoms with Crippen LogP contribution in [0.4, 0.5) is 0 Å². The predicted molar refractivity (Wildman–Crippen MR) is 83.9 cm³/mol. The highest BCUT2D eigenvalue weighted by atomic mass is 35.5. The van der Waals surface area contributed by atoms with Gasteiger partial charge in [-0.1, -0.05) is 29.3 Å². The molecule has 4 atom stereocenters. The lowest BCUT2D eigenvalue weighted by Crippen LogP contribution is -2.49. The largest absolute Gasteiger partial charge is 0.469 e. The van der Waals surface area contributed by atoms with Crippen LogP contribution in [0.1, 0.15) is 30.7 Å². The van der Waals surface area contributed by atoms with E-state index in [1.807, 2.05) is 18.2 Å². The van der Waals surface area contributed by atoms with E-state index < -0.39 is 0 Å². The molecule has 21 heavy (non-hydrogen) atoms. The van der Waals surface area contributed by atoms with Gasteiger partial charge in [-0.15, -0.1) is 0 Å². The molecule has 2 aliphatic rings. The summed E-state index contributed by atoms with van der Waals surface area (Å²) in [7, 11) is 3.58. The third-order valence-corrected chi connectivity index (χ3v) is 5.85. The second-order valence-electron chi connectivity index (χ2n) is 6.03. The summed E-state index contributed by atoms with van der Waals surface area (Å²) in [5, 5.41) is 1.09. The van der Waals surface area contributed by atoms with Crippen molar-refractivity contribution in [2.45, 2.75) is 37.3 Å². The summed E-state index contributed by atoms with van der Waals surface area (Å²) in [4.78, 5) is 14.7. The number of ether oxygens (including phenoxy) is 1. The number of esters is 1. The van der Waals surface area contributed by atoms with E-state index in [-0.39, 0.29) is 23.8 Å². The molecule has 5 heteroatoms. The number of fused-ring (bicyclic) bond motifs is 2. The highest BCUT2D eigenvalue weighted by molar-refractivity contribution is 6.42. The van der Waals surface area contributed by atoms with Gasteiger partial charge in [0.15, 0.2) is 0 Å². The molecular weight excluding hydrogens is 309 g/mol. The van der Waals surface area contributed by atoms with Gasteiger partial charge in [-0.3, -0.25) is 9.69 Å². The molecule has 2 aliphatic heterocycles. The Morgan fingerprint density at radius 1 is 1.29 bits per heavy atom. The average Bonchev–Trinajstić information content (AvgIpc) is 2.72. The summed E-state index contributed by atoms with van der Waals surface area (Å²) in [6.45, 7) is 0. The van der Waals surface area contributed by atoms with Crippen molar-refractivity contribution in [2.75, 3.05) is 14.2 Å². The third kappa shape index (κ3) is 2.56. The smallest absolute Gasteiger partial charge is 0.310 e. The first-order chi connectivity index (χ1) is 10.0. The molecule has 0 N–H and O–H groups in total. The molecule has 2 bridgehead atoms. The van der Waals surface area contributed by atoms with Gasteiger partial charge in [0, 0.05) is 18.0 Å². The molecule has 2 heterocycles. The van der Waals surface area contributed by atoms with Gasteiger partial charge >= 0.3 is 5.97 Å². The Morgan fingerprint density at radius 3 is 2.71 bits per heavy atom. The number of methoxy groups -OCH3 is 1. The maximum Gasteiger partial charge on any atom is 0.310 e. The van der Waals surface area contributed by atoms with E-state index >= 15 is 0 Å². The molecule has 0 spiro atoms. The number of nitrogens with zero attached hydrogens (tertiary/aromatic N) is 1. The molecule has 2 fully saturated rings. The maximum absolute atomic E-state index is 12.3. The Morgan fingerprint density at radius 2 is 2.05 bits per heavy atom. The van der Waals surface area contributed by atoms with Crippen LogP contribution < -0.4 is 0 Å². The fourth-order valence-corrected chi connectivity index (χ4v) is 4.32. The van der Waals surface area contributed by atoms with Gasteiger partial charge in [-0.25, -0.2) is 0 Å². The minimum atomic E-state index is -0.129. The molecule has 0 aromatic heterocycles. The summed E-state index contributed by atoms with van der Waals surface area (Å²) in [6.07, 6.45) is 3.16. The number of halogens is 2. The van der Waals surface area contributed by atoms with E-state index in [1.54, 1.807) is 0 Å². The molecule has 1 aromatic rings. The van der Waals surface area contributed by atoms with E-state index in [0.717, 1.165) is 24.8 Å². The van der Waals surface area contributed by atoms with Crippen molar-refractivity contribution >= 4 is 29.2 Å².